The summed E-state index contributed by atoms with van der Waals surface area (Å²) in [5, 5.41) is 2.48. The summed E-state index contributed by atoms with van der Waals surface area (Å²) in [5.41, 5.74) is -1.76. The minimum Gasteiger partial charge on any atom is -0.456 e. The van der Waals surface area contributed by atoms with Gasteiger partial charge in [-0.25, -0.2) is 13.6 Å². The summed E-state index contributed by atoms with van der Waals surface area (Å²) in [6, 6.07) is 10.4. The summed E-state index contributed by atoms with van der Waals surface area (Å²) in [4.78, 5) is 30.9. The normalized spacial score (nSPS) is 13.3. The van der Waals surface area contributed by atoms with Crippen molar-refractivity contribution in [2.75, 3.05) is 5.32 Å². The molecule has 11 heteroatoms. The lowest BCUT2D eigenvalue weighted by Gasteiger charge is -2.19. The molecule has 3 aromatic carbocycles. The van der Waals surface area contributed by atoms with Crippen molar-refractivity contribution < 1.29 is 31.5 Å². The molecule has 0 spiro atoms. The van der Waals surface area contributed by atoms with Gasteiger partial charge in [-0.3, -0.25) is 4.79 Å². The van der Waals surface area contributed by atoms with Crippen LogP contribution < -0.4 is 15.7 Å². The highest BCUT2D eigenvalue weighted by molar-refractivity contribution is 6.06. The molecule has 0 unspecified atom stereocenters. The monoisotopic (exact) mass is 541 g/mol. The molecule has 1 fully saturated rings. The first-order valence-electron chi connectivity index (χ1n) is 11.9. The number of nitrogens with one attached hydrogen (secondary N) is 2. The number of H-pyrrole nitrogens is 1. The van der Waals surface area contributed by atoms with Gasteiger partial charge in [0.2, 0.25) is 0 Å². The fraction of sp³-hybridized carbons (Fsp3) is 0.179. The highest BCUT2D eigenvalue weighted by Crippen LogP contribution is 2.48. The highest BCUT2D eigenvalue weighted by atomic mass is 19.4. The summed E-state index contributed by atoms with van der Waals surface area (Å²) >= 11 is 0. The number of hydrogen-bond donors (Lipinski definition) is 2. The standard InChI is InChI=1S/C28H20F5N3O3/c1-14-10-16(29)4-7-24(14)39-25-13-18(15-2-3-15)21(28(31,32)33)12-20(25)26(37)35-17-5-6-22(30)19(11-17)23-8-9-34-27(38)36-23/h4-13,15H,2-3H2,1H3,(H,35,37)(H,34,36,38). The number of halogens is 5. The van der Waals surface area contributed by atoms with Crippen molar-refractivity contribution in [2.45, 2.75) is 31.9 Å². The summed E-state index contributed by atoms with van der Waals surface area (Å²) < 4.78 is 76.0. The third-order valence-corrected chi connectivity index (χ3v) is 6.25. The van der Waals surface area contributed by atoms with Crippen LogP contribution in [0.15, 0.2) is 65.6 Å². The van der Waals surface area contributed by atoms with Gasteiger partial charge in [-0.05, 0) is 91.4 Å². The summed E-state index contributed by atoms with van der Waals surface area (Å²) in [7, 11) is 0. The van der Waals surface area contributed by atoms with E-state index in [2.05, 4.69) is 15.3 Å². The first-order valence-corrected chi connectivity index (χ1v) is 11.9. The topological polar surface area (TPSA) is 84.1 Å². The maximum Gasteiger partial charge on any atom is 0.416 e. The van der Waals surface area contributed by atoms with Crippen LogP contribution in [0, 0.1) is 18.6 Å². The van der Waals surface area contributed by atoms with Gasteiger partial charge in [0, 0.05) is 17.4 Å². The van der Waals surface area contributed by atoms with E-state index in [1.807, 2.05) is 0 Å². The molecule has 5 rings (SSSR count). The lowest BCUT2D eigenvalue weighted by molar-refractivity contribution is -0.138. The molecule has 0 aliphatic heterocycles. The molecule has 1 heterocycles. The highest BCUT2D eigenvalue weighted by Gasteiger charge is 2.40. The summed E-state index contributed by atoms with van der Waals surface area (Å²) in [6.45, 7) is 1.56. The molecule has 0 saturated heterocycles. The van der Waals surface area contributed by atoms with Crippen LogP contribution in [0.1, 0.15) is 45.8 Å². The van der Waals surface area contributed by atoms with Gasteiger partial charge in [0.1, 0.15) is 23.1 Å². The van der Waals surface area contributed by atoms with Crippen LogP contribution in [0.5, 0.6) is 11.5 Å². The number of carbonyl (C=O) groups is 1. The van der Waals surface area contributed by atoms with Gasteiger partial charge in [-0.1, -0.05) is 0 Å². The molecule has 39 heavy (non-hydrogen) atoms. The van der Waals surface area contributed by atoms with E-state index in [4.69, 9.17) is 4.74 Å². The number of hydrogen-bond acceptors (Lipinski definition) is 4. The average Bonchev–Trinajstić information content (AvgIpc) is 3.71. The van der Waals surface area contributed by atoms with Gasteiger partial charge in [0.25, 0.3) is 5.91 Å². The minimum absolute atomic E-state index is 0.00343. The third-order valence-electron chi connectivity index (χ3n) is 6.25. The van der Waals surface area contributed by atoms with Crippen molar-refractivity contribution in [2.24, 2.45) is 0 Å². The Bertz CT molecular complexity index is 1640. The molecule has 0 bridgehead atoms. The molecule has 1 aliphatic rings. The number of aromatic nitrogens is 2. The quantitative estimate of drug-likeness (QED) is 0.259. The molecule has 1 aromatic heterocycles. The van der Waals surface area contributed by atoms with Gasteiger partial charge in [-0.15, -0.1) is 0 Å². The molecule has 2 N–H and O–H groups in total. The SMILES string of the molecule is Cc1cc(F)ccc1Oc1cc(C2CC2)c(C(F)(F)F)cc1C(=O)Nc1ccc(F)c(-c2cc[nH]c(=O)n2)c1. The number of benzene rings is 3. The molecule has 6 nitrogen and oxygen atoms in total. The van der Waals surface area contributed by atoms with E-state index in [-0.39, 0.29) is 39.9 Å². The lowest BCUT2D eigenvalue weighted by Crippen LogP contribution is -2.17. The van der Waals surface area contributed by atoms with Crippen LogP contribution in [-0.2, 0) is 6.18 Å². The number of anilines is 1. The zero-order chi connectivity index (χ0) is 27.9. The van der Waals surface area contributed by atoms with E-state index in [1.54, 1.807) is 6.92 Å². The second kappa shape index (κ2) is 9.97. The van der Waals surface area contributed by atoms with Crippen molar-refractivity contribution >= 4 is 11.6 Å². The Morgan fingerprint density at radius 1 is 1.03 bits per heavy atom. The fourth-order valence-corrected chi connectivity index (χ4v) is 4.20. The summed E-state index contributed by atoms with van der Waals surface area (Å²) in [6.07, 6.45) is -2.32. The lowest BCUT2D eigenvalue weighted by atomic mass is 9.98. The molecular weight excluding hydrogens is 521 g/mol. The zero-order valence-corrected chi connectivity index (χ0v) is 20.3. The number of aromatic amines is 1. The predicted molar refractivity (Wildman–Crippen MR) is 133 cm³/mol. The van der Waals surface area contributed by atoms with E-state index < -0.39 is 40.5 Å². The second-order valence-electron chi connectivity index (χ2n) is 9.15. The zero-order valence-electron chi connectivity index (χ0n) is 20.3. The van der Waals surface area contributed by atoms with E-state index in [0.29, 0.717) is 18.4 Å². The van der Waals surface area contributed by atoms with Crippen LogP contribution in [0.4, 0.5) is 27.6 Å². The molecule has 0 atom stereocenters. The van der Waals surface area contributed by atoms with Crippen LogP contribution in [0.2, 0.25) is 0 Å². The minimum atomic E-state index is -4.73. The van der Waals surface area contributed by atoms with E-state index in [0.717, 1.165) is 18.2 Å². The van der Waals surface area contributed by atoms with Crippen LogP contribution >= 0.6 is 0 Å². The molecule has 1 aliphatic carbocycles. The summed E-state index contributed by atoms with van der Waals surface area (Å²) in [5.74, 6) is -2.50. The van der Waals surface area contributed by atoms with Crippen LogP contribution in [0.3, 0.4) is 0 Å². The number of amides is 1. The molecule has 0 radical (unpaired) electrons. The first-order chi connectivity index (χ1) is 18.5. The Morgan fingerprint density at radius 3 is 2.46 bits per heavy atom. The van der Waals surface area contributed by atoms with Gasteiger partial charge in [0.15, 0.2) is 0 Å². The van der Waals surface area contributed by atoms with Crippen LogP contribution in [0.25, 0.3) is 11.3 Å². The number of rotatable bonds is 6. The van der Waals surface area contributed by atoms with E-state index in [1.165, 1.54) is 42.6 Å². The average molecular weight is 541 g/mol. The van der Waals surface area contributed by atoms with Crippen molar-refractivity contribution in [3.8, 4) is 22.8 Å². The van der Waals surface area contributed by atoms with Crippen molar-refractivity contribution in [1.82, 2.24) is 9.97 Å². The predicted octanol–water partition coefficient (Wildman–Crippen LogP) is 6.96. The maximum absolute atomic E-state index is 14.5. The Balaban J connectivity index is 1.56. The van der Waals surface area contributed by atoms with Gasteiger partial charge < -0.3 is 15.0 Å². The number of ether oxygens (including phenoxy) is 1. The number of carbonyl (C=O) groups excluding carboxylic acids is 1. The second-order valence-corrected chi connectivity index (χ2v) is 9.15. The smallest absolute Gasteiger partial charge is 0.416 e. The maximum atomic E-state index is 14.5. The number of nitrogens with zero attached hydrogens (tertiary/aromatic N) is 1. The number of alkyl halides is 3. The molecule has 200 valence electrons. The molecular formula is C28H20F5N3O3. The van der Waals surface area contributed by atoms with E-state index >= 15 is 0 Å². The van der Waals surface area contributed by atoms with Crippen molar-refractivity contribution in [1.29, 1.82) is 0 Å². The number of aryl methyl sites for hydroxylation is 1. The van der Waals surface area contributed by atoms with E-state index in [9.17, 15) is 31.5 Å². The molecule has 4 aromatic rings. The third kappa shape index (κ3) is 5.66. The Morgan fingerprint density at radius 2 is 1.79 bits per heavy atom. The largest absolute Gasteiger partial charge is 0.456 e. The molecule has 1 amide bonds. The Labute approximate surface area is 218 Å². The first kappa shape index (κ1) is 26.1. The van der Waals surface area contributed by atoms with Crippen molar-refractivity contribution in [3.05, 3.63) is 105 Å². The Kier molecular flexibility index (Phi) is 6.67. The van der Waals surface area contributed by atoms with Gasteiger partial charge in [0.05, 0.1) is 16.8 Å². The van der Waals surface area contributed by atoms with Gasteiger partial charge in [-0.2, -0.15) is 18.2 Å². The van der Waals surface area contributed by atoms with Crippen LogP contribution in [-0.4, -0.2) is 15.9 Å². The van der Waals surface area contributed by atoms with Gasteiger partial charge >= 0.3 is 11.9 Å². The fourth-order valence-electron chi connectivity index (χ4n) is 4.20. The molecule has 1 saturated carbocycles. The Hall–Kier alpha value is -4.54. The van der Waals surface area contributed by atoms with Crippen molar-refractivity contribution in [3.63, 3.8) is 0 Å².